The zero-order chi connectivity index (χ0) is 14.7. The number of ether oxygens (including phenoxy) is 1. The molecular formula is C14H14BrNO3S. The fourth-order valence-corrected chi connectivity index (χ4v) is 2.81. The Labute approximate surface area is 129 Å². The van der Waals surface area contributed by atoms with Gasteiger partial charge in [0.15, 0.2) is 0 Å². The molecule has 0 spiro atoms. The van der Waals surface area contributed by atoms with E-state index >= 15 is 0 Å². The summed E-state index contributed by atoms with van der Waals surface area (Å²) in [7, 11) is 0. The zero-order valence-electron chi connectivity index (χ0n) is 11.1. The van der Waals surface area contributed by atoms with Crippen LogP contribution in [0.15, 0.2) is 28.1 Å². The van der Waals surface area contributed by atoms with Gasteiger partial charge >= 0.3 is 5.97 Å². The molecule has 0 saturated carbocycles. The summed E-state index contributed by atoms with van der Waals surface area (Å²) in [5.41, 5.74) is 1.04. The van der Waals surface area contributed by atoms with Crippen molar-refractivity contribution in [1.82, 2.24) is 4.98 Å². The van der Waals surface area contributed by atoms with E-state index in [1.54, 1.807) is 23.5 Å². The molecule has 6 heteroatoms. The number of nitrogens with zero attached hydrogens (tertiary/aromatic N) is 1. The molecule has 2 aromatic rings. The van der Waals surface area contributed by atoms with Gasteiger partial charge in [-0.05, 0) is 34.1 Å². The van der Waals surface area contributed by atoms with Gasteiger partial charge in [-0.25, -0.2) is 9.78 Å². The van der Waals surface area contributed by atoms with E-state index in [1.807, 2.05) is 5.38 Å². The Bertz CT molecular complexity index is 625. The monoisotopic (exact) mass is 355 g/mol. The number of carboxylic acids is 1. The molecule has 0 radical (unpaired) electrons. The van der Waals surface area contributed by atoms with Crippen molar-refractivity contribution in [3.8, 4) is 5.75 Å². The number of rotatable bonds is 5. The van der Waals surface area contributed by atoms with Crippen LogP contribution in [0.1, 0.15) is 40.8 Å². The first-order valence-electron chi connectivity index (χ1n) is 6.07. The number of benzene rings is 1. The fraction of sp³-hybridized carbons (Fsp3) is 0.286. The minimum absolute atomic E-state index is 0.184. The van der Waals surface area contributed by atoms with Crippen molar-refractivity contribution in [3.63, 3.8) is 0 Å². The van der Waals surface area contributed by atoms with E-state index in [9.17, 15) is 4.79 Å². The predicted octanol–water partition coefficient (Wildman–Crippen LogP) is 4.31. The van der Waals surface area contributed by atoms with Crippen molar-refractivity contribution < 1.29 is 14.6 Å². The van der Waals surface area contributed by atoms with Gasteiger partial charge in [-0.1, -0.05) is 13.8 Å². The highest BCUT2D eigenvalue weighted by molar-refractivity contribution is 9.10. The molecular weight excluding hydrogens is 342 g/mol. The molecule has 0 aliphatic heterocycles. The first kappa shape index (κ1) is 15.0. The molecule has 2 rings (SSSR count). The van der Waals surface area contributed by atoms with Crippen molar-refractivity contribution >= 4 is 33.2 Å². The molecule has 0 fully saturated rings. The maximum absolute atomic E-state index is 11.0. The van der Waals surface area contributed by atoms with E-state index < -0.39 is 5.97 Å². The summed E-state index contributed by atoms with van der Waals surface area (Å²) in [5, 5.41) is 12.1. The standard InChI is InChI=1S/C14H14BrNO3S/c1-8(2)13-16-9(7-20-13)6-19-10-3-4-12(15)11(5-10)14(17)18/h3-5,7-8H,6H2,1-2H3,(H,17,18). The third-order valence-corrected chi connectivity index (χ3v) is 4.50. The second kappa shape index (κ2) is 6.37. The number of halogens is 1. The van der Waals surface area contributed by atoms with Crippen molar-refractivity contribution in [1.29, 1.82) is 0 Å². The highest BCUT2D eigenvalue weighted by Gasteiger charge is 2.10. The second-order valence-electron chi connectivity index (χ2n) is 4.57. The van der Waals surface area contributed by atoms with Crippen molar-refractivity contribution in [2.75, 3.05) is 0 Å². The van der Waals surface area contributed by atoms with Crippen molar-refractivity contribution in [2.45, 2.75) is 26.4 Å². The van der Waals surface area contributed by atoms with Gasteiger partial charge in [0.05, 0.1) is 16.3 Å². The first-order chi connectivity index (χ1) is 9.47. The second-order valence-corrected chi connectivity index (χ2v) is 6.31. The molecule has 0 saturated heterocycles. The Morgan fingerprint density at radius 1 is 1.50 bits per heavy atom. The summed E-state index contributed by atoms with van der Waals surface area (Å²) in [4.78, 5) is 15.5. The van der Waals surface area contributed by atoms with E-state index in [-0.39, 0.29) is 5.56 Å². The molecule has 1 aromatic carbocycles. The first-order valence-corrected chi connectivity index (χ1v) is 7.74. The van der Waals surface area contributed by atoms with Crippen LogP contribution >= 0.6 is 27.3 Å². The molecule has 0 unspecified atom stereocenters. The predicted molar refractivity (Wildman–Crippen MR) is 81.6 cm³/mol. The third kappa shape index (κ3) is 3.58. The topological polar surface area (TPSA) is 59.4 Å². The Balaban J connectivity index is 2.06. The molecule has 1 N–H and O–H groups in total. The van der Waals surface area contributed by atoms with Gasteiger partial charge in [-0.3, -0.25) is 0 Å². The number of carboxylic acid groups (broad SMARTS) is 1. The average molecular weight is 356 g/mol. The Hall–Kier alpha value is -1.40. The van der Waals surface area contributed by atoms with E-state index in [4.69, 9.17) is 9.84 Å². The molecule has 0 aliphatic rings. The van der Waals surface area contributed by atoms with Crippen molar-refractivity contribution in [2.24, 2.45) is 0 Å². The maximum Gasteiger partial charge on any atom is 0.336 e. The molecule has 4 nitrogen and oxygen atoms in total. The summed E-state index contributed by atoms with van der Waals surface area (Å²) in [6.07, 6.45) is 0. The van der Waals surface area contributed by atoms with Gasteiger partial charge < -0.3 is 9.84 Å². The van der Waals surface area contributed by atoms with E-state index in [2.05, 4.69) is 34.8 Å². The summed E-state index contributed by atoms with van der Waals surface area (Å²) in [6, 6.07) is 4.90. The molecule has 1 heterocycles. The van der Waals surface area contributed by atoms with Gasteiger partial charge in [-0.2, -0.15) is 0 Å². The van der Waals surface area contributed by atoms with Crippen LogP contribution < -0.4 is 4.74 Å². The van der Waals surface area contributed by atoms with Crippen LogP contribution in [-0.4, -0.2) is 16.1 Å². The smallest absolute Gasteiger partial charge is 0.336 e. The lowest BCUT2D eigenvalue weighted by molar-refractivity contribution is 0.0695. The third-order valence-electron chi connectivity index (χ3n) is 2.62. The minimum atomic E-state index is -0.988. The molecule has 20 heavy (non-hydrogen) atoms. The van der Waals surface area contributed by atoms with E-state index in [0.29, 0.717) is 22.7 Å². The van der Waals surface area contributed by atoms with Gasteiger partial charge in [0, 0.05) is 15.8 Å². The maximum atomic E-state index is 11.0. The van der Waals surface area contributed by atoms with Crippen LogP contribution in [0.3, 0.4) is 0 Å². The average Bonchev–Trinajstić information content (AvgIpc) is 2.86. The van der Waals surface area contributed by atoms with Crippen LogP contribution in [0.4, 0.5) is 0 Å². The zero-order valence-corrected chi connectivity index (χ0v) is 13.5. The van der Waals surface area contributed by atoms with Crippen LogP contribution in [0, 0.1) is 0 Å². The molecule has 0 atom stereocenters. The van der Waals surface area contributed by atoms with Crippen molar-refractivity contribution in [3.05, 3.63) is 44.3 Å². The van der Waals surface area contributed by atoms with Gasteiger partial charge in [0.25, 0.3) is 0 Å². The Morgan fingerprint density at radius 3 is 2.85 bits per heavy atom. The van der Waals surface area contributed by atoms with Crippen LogP contribution in [0.25, 0.3) is 0 Å². The highest BCUT2D eigenvalue weighted by Crippen LogP contribution is 2.24. The summed E-state index contributed by atoms with van der Waals surface area (Å²) in [5.74, 6) is -0.0668. The quantitative estimate of drug-likeness (QED) is 0.868. The summed E-state index contributed by atoms with van der Waals surface area (Å²) >= 11 is 4.81. The molecule has 1 aromatic heterocycles. The number of aromatic nitrogens is 1. The minimum Gasteiger partial charge on any atom is -0.487 e. The van der Waals surface area contributed by atoms with Gasteiger partial charge in [-0.15, -0.1) is 11.3 Å². The summed E-state index contributed by atoms with van der Waals surface area (Å²) < 4.78 is 6.13. The molecule has 0 amide bonds. The number of hydrogen-bond donors (Lipinski definition) is 1. The van der Waals surface area contributed by atoms with Crippen LogP contribution in [0.2, 0.25) is 0 Å². The van der Waals surface area contributed by atoms with Gasteiger partial charge in [0.2, 0.25) is 0 Å². The largest absolute Gasteiger partial charge is 0.487 e. The number of hydrogen-bond acceptors (Lipinski definition) is 4. The Morgan fingerprint density at radius 2 is 2.25 bits per heavy atom. The fourth-order valence-electron chi connectivity index (χ4n) is 1.57. The number of aromatic carboxylic acids is 1. The molecule has 0 bridgehead atoms. The number of thiazole rings is 1. The van der Waals surface area contributed by atoms with Crippen LogP contribution in [0.5, 0.6) is 5.75 Å². The summed E-state index contributed by atoms with van der Waals surface area (Å²) in [6.45, 7) is 4.53. The van der Waals surface area contributed by atoms with Crippen LogP contribution in [-0.2, 0) is 6.61 Å². The molecule has 0 aliphatic carbocycles. The lowest BCUT2D eigenvalue weighted by Crippen LogP contribution is -2.01. The van der Waals surface area contributed by atoms with Gasteiger partial charge in [0.1, 0.15) is 12.4 Å². The lowest BCUT2D eigenvalue weighted by Gasteiger charge is -2.06. The lowest BCUT2D eigenvalue weighted by atomic mass is 10.2. The van der Waals surface area contributed by atoms with E-state index in [0.717, 1.165) is 10.7 Å². The highest BCUT2D eigenvalue weighted by atomic mass is 79.9. The molecule has 106 valence electrons. The van der Waals surface area contributed by atoms with E-state index in [1.165, 1.54) is 6.07 Å². The number of carbonyl (C=O) groups is 1. The SMILES string of the molecule is CC(C)c1nc(COc2ccc(Br)c(C(=O)O)c2)cs1. The Kier molecular flexibility index (Phi) is 4.77. The normalized spacial score (nSPS) is 10.8.